The Labute approximate surface area is 123 Å². The molecule has 0 saturated carbocycles. The van der Waals surface area contributed by atoms with Crippen LogP contribution in [0.3, 0.4) is 0 Å². The highest BCUT2D eigenvalue weighted by molar-refractivity contribution is 7.10. The molecule has 1 aliphatic heterocycles. The van der Waals surface area contributed by atoms with Crippen molar-refractivity contribution >= 4 is 11.3 Å². The average Bonchev–Trinajstić information content (AvgIpc) is 3.08. The smallest absolute Gasteiger partial charge is 0.165 e. The van der Waals surface area contributed by atoms with Crippen LogP contribution in [0.5, 0.6) is 0 Å². The largest absolute Gasteiger partial charge is 0.288 e. The van der Waals surface area contributed by atoms with Crippen molar-refractivity contribution in [1.29, 1.82) is 0 Å². The van der Waals surface area contributed by atoms with Gasteiger partial charge in [0.05, 0.1) is 6.54 Å². The quantitative estimate of drug-likeness (QED) is 0.849. The zero-order chi connectivity index (χ0) is 13.9. The first kappa shape index (κ1) is 13.7. The Morgan fingerprint density at radius 1 is 1.40 bits per heavy atom. The van der Waals surface area contributed by atoms with Crippen molar-refractivity contribution in [1.82, 2.24) is 25.1 Å². The van der Waals surface area contributed by atoms with Gasteiger partial charge in [0.1, 0.15) is 0 Å². The molecule has 108 valence electrons. The monoisotopic (exact) mass is 291 g/mol. The van der Waals surface area contributed by atoms with E-state index in [0.29, 0.717) is 6.04 Å². The normalized spacial score (nSPS) is 19.2. The molecule has 0 radical (unpaired) electrons. The van der Waals surface area contributed by atoms with Gasteiger partial charge in [-0.2, -0.15) is 0 Å². The fraction of sp³-hybridized carbons (Fsp3) is 0.643. The van der Waals surface area contributed by atoms with Gasteiger partial charge in [0.2, 0.25) is 0 Å². The molecule has 0 fully saturated rings. The number of aromatic nitrogens is 4. The molecule has 1 aliphatic rings. The molecule has 0 N–H and O–H groups in total. The van der Waals surface area contributed by atoms with Crippen molar-refractivity contribution < 1.29 is 0 Å². The fourth-order valence-electron chi connectivity index (χ4n) is 3.02. The lowest BCUT2D eigenvalue weighted by Gasteiger charge is -2.34. The molecule has 2 aromatic heterocycles. The molecule has 0 aromatic carbocycles. The van der Waals surface area contributed by atoms with Crippen LogP contribution in [0.25, 0.3) is 0 Å². The van der Waals surface area contributed by atoms with Crippen LogP contribution >= 0.6 is 11.3 Å². The fourth-order valence-corrected chi connectivity index (χ4v) is 3.95. The zero-order valence-electron chi connectivity index (χ0n) is 12.1. The van der Waals surface area contributed by atoms with E-state index in [1.165, 1.54) is 5.56 Å². The molecular formula is C14H21N5S. The van der Waals surface area contributed by atoms with Gasteiger partial charge in [-0.3, -0.25) is 4.90 Å². The number of aryl methyl sites for hydroxylation is 1. The van der Waals surface area contributed by atoms with E-state index in [0.717, 1.165) is 44.7 Å². The van der Waals surface area contributed by atoms with Crippen molar-refractivity contribution in [3.63, 3.8) is 0 Å². The minimum Gasteiger partial charge on any atom is -0.288 e. The second-order valence-electron chi connectivity index (χ2n) is 5.26. The van der Waals surface area contributed by atoms with Crippen molar-refractivity contribution in [2.75, 3.05) is 6.54 Å². The molecule has 2 aromatic rings. The van der Waals surface area contributed by atoms with Crippen molar-refractivity contribution in [2.45, 2.75) is 52.2 Å². The summed E-state index contributed by atoms with van der Waals surface area (Å²) in [4.78, 5) is 4.08. The Kier molecular flexibility index (Phi) is 4.12. The highest BCUT2D eigenvalue weighted by atomic mass is 32.1. The van der Waals surface area contributed by atoms with Gasteiger partial charge in [-0.25, -0.2) is 4.68 Å². The van der Waals surface area contributed by atoms with Crippen molar-refractivity contribution in [3.8, 4) is 0 Å². The van der Waals surface area contributed by atoms with Crippen molar-refractivity contribution in [3.05, 3.63) is 27.7 Å². The Hall–Kier alpha value is -1.27. The summed E-state index contributed by atoms with van der Waals surface area (Å²) in [7, 11) is 0. The van der Waals surface area contributed by atoms with Gasteiger partial charge >= 0.3 is 0 Å². The molecule has 3 rings (SSSR count). The minimum absolute atomic E-state index is 0.511. The van der Waals surface area contributed by atoms with Crippen LogP contribution in [-0.2, 0) is 19.5 Å². The van der Waals surface area contributed by atoms with Crippen LogP contribution in [-0.4, -0.2) is 31.7 Å². The molecule has 1 unspecified atom stereocenters. The minimum atomic E-state index is 0.511. The standard InChI is InChI=1S/C14H21N5S/c1-3-7-19-14(15-16-17-19)10-18-8-5-13-11(6-9-20-13)12(18)4-2/h6,9,12H,3-5,7-8,10H2,1-2H3. The third-order valence-corrected chi connectivity index (χ3v) is 4.97. The number of tetrazole rings is 1. The van der Waals surface area contributed by atoms with Gasteiger partial charge in [-0.1, -0.05) is 13.8 Å². The maximum Gasteiger partial charge on any atom is 0.165 e. The molecule has 20 heavy (non-hydrogen) atoms. The summed E-state index contributed by atoms with van der Waals surface area (Å²) in [6.45, 7) is 7.26. The summed E-state index contributed by atoms with van der Waals surface area (Å²) >= 11 is 1.89. The van der Waals surface area contributed by atoms with E-state index in [-0.39, 0.29) is 0 Å². The molecule has 0 saturated heterocycles. The van der Waals surface area contributed by atoms with E-state index >= 15 is 0 Å². The summed E-state index contributed by atoms with van der Waals surface area (Å²) in [5, 5.41) is 14.3. The summed E-state index contributed by atoms with van der Waals surface area (Å²) in [6.07, 6.45) is 3.35. The molecular weight excluding hydrogens is 270 g/mol. The van der Waals surface area contributed by atoms with Crippen LogP contribution in [0.1, 0.15) is 49.0 Å². The molecule has 0 aliphatic carbocycles. The molecule has 0 spiro atoms. The topological polar surface area (TPSA) is 46.8 Å². The van der Waals surface area contributed by atoms with Gasteiger partial charge in [0.15, 0.2) is 5.82 Å². The van der Waals surface area contributed by atoms with Gasteiger partial charge < -0.3 is 0 Å². The Morgan fingerprint density at radius 2 is 2.30 bits per heavy atom. The highest BCUT2D eigenvalue weighted by Gasteiger charge is 2.28. The van der Waals surface area contributed by atoms with Crippen LogP contribution in [0.15, 0.2) is 11.4 Å². The summed E-state index contributed by atoms with van der Waals surface area (Å²) < 4.78 is 1.94. The van der Waals surface area contributed by atoms with Gasteiger partial charge in [0.25, 0.3) is 0 Å². The van der Waals surface area contributed by atoms with Crippen LogP contribution in [0.4, 0.5) is 0 Å². The molecule has 0 bridgehead atoms. The highest BCUT2D eigenvalue weighted by Crippen LogP contribution is 2.35. The summed E-state index contributed by atoms with van der Waals surface area (Å²) in [5.41, 5.74) is 1.51. The van der Waals surface area contributed by atoms with E-state index in [9.17, 15) is 0 Å². The van der Waals surface area contributed by atoms with E-state index in [4.69, 9.17) is 0 Å². The molecule has 1 atom stereocenters. The van der Waals surface area contributed by atoms with E-state index in [1.54, 1.807) is 4.88 Å². The third-order valence-electron chi connectivity index (χ3n) is 3.98. The number of fused-ring (bicyclic) bond motifs is 1. The Morgan fingerprint density at radius 3 is 3.10 bits per heavy atom. The number of thiophene rings is 1. The van der Waals surface area contributed by atoms with Gasteiger partial charge in [-0.05, 0) is 46.7 Å². The summed E-state index contributed by atoms with van der Waals surface area (Å²) in [5.74, 6) is 0.990. The number of nitrogens with zero attached hydrogens (tertiary/aromatic N) is 5. The predicted octanol–water partition coefficient (Wildman–Crippen LogP) is 2.65. The number of rotatable bonds is 5. The average molecular weight is 291 g/mol. The lowest BCUT2D eigenvalue weighted by molar-refractivity contribution is 0.165. The number of hydrogen-bond donors (Lipinski definition) is 0. The first-order valence-corrected chi connectivity index (χ1v) is 8.26. The van der Waals surface area contributed by atoms with Crippen molar-refractivity contribution in [2.24, 2.45) is 0 Å². The lowest BCUT2D eigenvalue weighted by Crippen LogP contribution is -2.35. The van der Waals surface area contributed by atoms with Crippen LogP contribution < -0.4 is 0 Å². The lowest BCUT2D eigenvalue weighted by atomic mass is 9.98. The Bertz CT molecular complexity index is 561. The zero-order valence-corrected chi connectivity index (χ0v) is 12.9. The summed E-state index contributed by atoms with van der Waals surface area (Å²) in [6, 6.07) is 2.80. The van der Waals surface area contributed by atoms with Gasteiger partial charge in [0, 0.05) is 24.0 Å². The third kappa shape index (κ3) is 2.50. The van der Waals surface area contributed by atoms with E-state index < -0.39 is 0 Å². The maximum atomic E-state index is 4.20. The molecule has 5 nitrogen and oxygen atoms in total. The van der Waals surface area contributed by atoms with Crippen LogP contribution in [0, 0.1) is 0 Å². The molecule has 6 heteroatoms. The first-order chi connectivity index (χ1) is 9.83. The molecule has 3 heterocycles. The SMILES string of the molecule is CCCn1nnnc1CN1CCc2sccc2C1CC. The second-order valence-corrected chi connectivity index (χ2v) is 6.26. The van der Waals surface area contributed by atoms with Gasteiger partial charge in [-0.15, -0.1) is 16.4 Å². The molecule has 0 amide bonds. The number of hydrogen-bond acceptors (Lipinski definition) is 5. The second kappa shape index (κ2) is 6.01. The first-order valence-electron chi connectivity index (χ1n) is 7.38. The maximum absolute atomic E-state index is 4.20. The predicted molar refractivity (Wildman–Crippen MR) is 79.6 cm³/mol. The van der Waals surface area contributed by atoms with E-state index in [1.807, 2.05) is 16.0 Å². The van der Waals surface area contributed by atoms with Crippen LogP contribution in [0.2, 0.25) is 0 Å². The Balaban J connectivity index is 1.79. The van der Waals surface area contributed by atoms with E-state index in [2.05, 4.69) is 45.7 Å².